The summed E-state index contributed by atoms with van der Waals surface area (Å²) in [4.78, 5) is 0.398. The van der Waals surface area contributed by atoms with Crippen LogP contribution in [0.2, 0.25) is 5.02 Å². The molecular weight excluding hydrogens is 370 g/mol. The number of nitrogens with one attached hydrogen (secondary N) is 1. The number of rotatable bonds is 3. The van der Waals surface area contributed by atoms with E-state index in [1.54, 1.807) is 30.3 Å². The highest BCUT2D eigenvalue weighted by Crippen LogP contribution is 2.37. The van der Waals surface area contributed by atoms with Crippen LogP contribution < -0.4 is 5.32 Å². The van der Waals surface area contributed by atoms with E-state index in [2.05, 4.69) is 19.2 Å². The van der Waals surface area contributed by atoms with Crippen LogP contribution in [0.1, 0.15) is 31.2 Å². The van der Waals surface area contributed by atoms with E-state index in [4.69, 9.17) is 16.0 Å². The molecule has 6 heteroatoms. The first-order chi connectivity index (χ1) is 12.4. The van der Waals surface area contributed by atoms with Crippen LogP contribution in [0, 0.1) is 5.92 Å². The molecule has 4 nitrogen and oxygen atoms in total. The van der Waals surface area contributed by atoms with Crippen LogP contribution in [0.5, 0.6) is 0 Å². The quantitative estimate of drug-likeness (QED) is 0.701. The standard InChI is InChI=1S/C20H20ClNO3S/c1-12(2)19-20-17(8-9-22-19)16-7-6-15(11-18(16)25-20)26(23,24)14-5-3-4-13(21)10-14/h3-7,10-12,19,22H,8-9H2,1-2H3. The zero-order valence-electron chi connectivity index (χ0n) is 14.6. The maximum absolute atomic E-state index is 12.9. The van der Waals surface area contributed by atoms with Crippen LogP contribution in [0.25, 0.3) is 11.0 Å². The first kappa shape index (κ1) is 17.6. The van der Waals surface area contributed by atoms with Gasteiger partial charge in [0.25, 0.3) is 0 Å². The van der Waals surface area contributed by atoms with Crippen molar-refractivity contribution in [1.29, 1.82) is 0 Å². The Kier molecular flexibility index (Phi) is 4.34. The van der Waals surface area contributed by atoms with Gasteiger partial charge in [0.1, 0.15) is 11.3 Å². The molecule has 0 aliphatic carbocycles. The second-order valence-corrected chi connectivity index (χ2v) is 9.38. The molecule has 0 saturated heterocycles. The van der Waals surface area contributed by atoms with Crippen LogP contribution in [0.4, 0.5) is 0 Å². The fourth-order valence-corrected chi connectivity index (χ4v) is 5.16. The van der Waals surface area contributed by atoms with Crippen molar-refractivity contribution in [3.63, 3.8) is 0 Å². The average molecular weight is 390 g/mol. The summed E-state index contributed by atoms with van der Waals surface area (Å²) in [6, 6.07) is 11.6. The average Bonchev–Trinajstić information content (AvgIpc) is 2.99. The van der Waals surface area contributed by atoms with Gasteiger partial charge in [-0.2, -0.15) is 0 Å². The summed E-state index contributed by atoms with van der Waals surface area (Å²) in [6.07, 6.45) is 0.881. The van der Waals surface area contributed by atoms with Crippen LogP contribution >= 0.6 is 11.6 Å². The van der Waals surface area contributed by atoms with Crippen molar-refractivity contribution in [2.75, 3.05) is 6.54 Å². The van der Waals surface area contributed by atoms with E-state index < -0.39 is 9.84 Å². The molecule has 4 rings (SSSR count). The first-order valence-corrected chi connectivity index (χ1v) is 10.5. The summed E-state index contributed by atoms with van der Waals surface area (Å²) in [6.45, 7) is 5.19. The van der Waals surface area contributed by atoms with E-state index in [0.717, 1.165) is 24.1 Å². The Morgan fingerprint density at radius 1 is 1.15 bits per heavy atom. The number of halogens is 1. The Bertz CT molecular complexity index is 1090. The zero-order valence-corrected chi connectivity index (χ0v) is 16.2. The second-order valence-electron chi connectivity index (χ2n) is 6.99. The van der Waals surface area contributed by atoms with E-state index in [1.807, 2.05) is 6.07 Å². The van der Waals surface area contributed by atoms with Gasteiger partial charge >= 0.3 is 0 Å². The molecule has 2 aromatic carbocycles. The normalized spacial score (nSPS) is 17.6. The van der Waals surface area contributed by atoms with Crippen molar-refractivity contribution >= 4 is 32.4 Å². The molecule has 1 aliphatic heterocycles. The Morgan fingerprint density at radius 2 is 1.92 bits per heavy atom. The van der Waals surface area contributed by atoms with Crippen molar-refractivity contribution in [2.45, 2.75) is 36.1 Å². The minimum atomic E-state index is -3.64. The van der Waals surface area contributed by atoms with Gasteiger partial charge in [0, 0.05) is 28.6 Å². The van der Waals surface area contributed by atoms with Crippen molar-refractivity contribution in [3.8, 4) is 0 Å². The fraction of sp³-hybridized carbons (Fsp3) is 0.300. The fourth-order valence-electron chi connectivity index (χ4n) is 3.58. The van der Waals surface area contributed by atoms with Gasteiger partial charge in [0.15, 0.2) is 0 Å². The van der Waals surface area contributed by atoms with Gasteiger partial charge < -0.3 is 9.73 Å². The maximum Gasteiger partial charge on any atom is 0.206 e. The molecule has 1 unspecified atom stereocenters. The summed E-state index contributed by atoms with van der Waals surface area (Å²) in [7, 11) is -3.64. The predicted molar refractivity (Wildman–Crippen MR) is 102 cm³/mol. The molecule has 0 saturated carbocycles. The lowest BCUT2D eigenvalue weighted by Gasteiger charge is -2.25. The lowest BCUT2D eigenvalue weighted by Crippen LogP contribution is -2.32. The summed E-state index contributed by atoms with van der Waals surface area (Å²) >= 11 is 5.96. The Morgan fingerprint density at radius 3 is 2.65 bits per heavy atom. The molecular formula is C20H20ClNO3S. The monoisotopic (exact) mass is 389 g/mol. The van der Waals surface area contributed by atoms with E-state index in [0.29, 0.717) is 16.5 Å². The van der Waals surface area contributed by atoms with Gasteiger partial charge in [0.2, 0.25) is 9.84 Å². The van der Waals surface area contributed by atoms with Gasteiger partial charge in [-0.25, -0.2) is 8.42 Å². The second kappa shape index (κ2) is 6.41. The molecule has 1 aromatic heterocycles. The molecule has 1 atom stereocenters. The third-order valence-corrected chi connectivity index (χ3v) is 6.88. The molecule has 0 bridgehead atoms. The van der Waals surface area contributed by atoms with Crippen LogP contribution in [-0.4, -0.2) is 15.0 Å². The molecule has 0 amide bonds. The Balaban J connectivity index is 1.84. The van der Waals surface area contributed by atoms with Gasteiger partial charge in [0.05, 0.1) is 15.8 Å². The minimum Gasteiger partial charge on any atom is -0.459 e. The topological polar surface area (TPSA) is 59.3 Å². The molecule has 0 radical (unpaired) electrons. The SMILES string of the molecule is CC(C)C1NCCc2c1oc1cc(S(=O)(=O)c3cccc(Cl)c3)ccc21. The third kappa shape index (κ3) is 2.84. The predicted octanol–water partition coefficient (Wildman–Crippen LogP) is 4.76. The summed E-state index contributed by atoms with van der Waals surface area (Å²) < 4.78 is 32.0. The van der Waals surface area contributed by atoms with Crippen molar-refractivity contribution < 1.29 is 12.8 Å². The Hall–Kier alpha value is -1.82. The number of hydrogen-bond acceptors (Lipinski definition) is 4. The highest BCUT2D eigenvalue weighted by atomic mass is 35.5. The molecule has 136 valence electrons. The number of sulfone groups is 1. The van der Waals surface area contributed by atoms with Crippen LogP contribution in [0.3, 0.4) is 0 Å². The molecule has 2 heterocycles. The highest BCUT2D eigenvalue weighted by molar-refractivity contribution is 7.91. The van der Waals surface area contributed by atoms with Gasteiger partial charge in [-0.05, 0) is 42.7 Å². The lowest BCUT2D eigenvalue weighted by molar-refractivity contribution is 0.333. The summed E-state index contributed by atoms with van der Waals surface area (Å²) in [5.74, 6) is 1.32. The van der Waals surface area contributed by atoms with E-state index >= 15 is 0 Å². The van der Waals surface area contributed by atoms with Gasteiger partial charge in [-0.15, -0.1) is 0 Å². The van der Waals surface area contributed by atoms with Crippen molar-refractivity contribution in [3.05, 3.63) is 58.8 Å². The number of furan rings is 1. The molecule has 0 fully saturated rings. The zero-order chi connectivity index (χ0) is 18.5. The lowest BCUT2D eigenvalue weighted by atomic mass is 9.93. The summed E-state index contributed by atoms with van der Waals surface area (Å²) in [5.41, 5.74) is 1.80. The van der Waals surface area contributed by atoms with E-state index in [-0.39, 0.29) is 15.8 Å². The minimum absolute atomic E-state index is 0.152. The number of fused-ring (bicyclic) bond motifs is 3. The van der Waals surface area contributed by atoms with Crippen molar-refractivity contribution in [2.24, 2.45) is 5.92 Å². The van der Waals surface area contributed by atoms with Gasteiger partial charge in [-0.3, -0.25) is 0 Å². The number of hydrogen-bond donors (Lipinski definition) is 1. The number of benzene rings is 2. The third-order valence-electron chi connectivity index (χ3n) is 4.90. The smallest absolute Gasteiger partial charge is 0.206 e. The van der Waals surface area contributed by atoms with Crippen LogP contribution in [0.15, 0.2) is 56.7 Å². The van der Waals surface area contributed by atoms with Gasteiger partial charge in [-0.1, -0.05) is 31.5 Å². The maximum atomic E-state index is 12.9. The molecule has 1 aliphatic rings. The van der Waals surface area contributed by atoms with E-state index in [1.165, 1.54) is 11.6 Å². The van der Waals surface area contributed by atoms with Crippen LogP contribution in [-0.2, 0) is 16.3 Å². The largest absolute Gasteiger partial charge is 0.459 e. The first-order valence-electron chi connectivity index (χ1n) is 8.67. The molecule has 26 heavy (non-hydrogen) atoms. The molecule has 3 aromatic rings. The van der Waals surface area contributed by atoms with Crippen molar-refractivity contribution in [1.82, 2.24) is 5.32 Å². The Labute approximate surface area is 158 Å². The summed E-state index contributed by atoms with van der Waals surface area (Å²) in [5, 5.41) is 4.88. The molecule has 1 N–H and O–H groups in total. The van der Waals surface area contributed by atoms with E-state index in [9.17, 15) is 8.42 Å². The highest BCUT2D eigenvalue weighted by Gasteiger charge is 2.29. The molecule has 0 spiro atoms.